The number of nitrogens with zero attached hydrogens (tertiary/aromatic N) is 3. The highest BCUT2D eigenvalue weighted by atomic mass is 19.3. The maximum absolute atomic E-state index is 12.7. The number of Topliss-reactive ketones (excluding diaryl/α,β-unsaturated/α-hetero) is 1. The van der Waals surface area contributed by atoms with Crippen LogP contribution in [0.25, 0.3) is 16.6 Å². The summed E-state index contributed by atoms with van der Waals surface area (Å²) in [5.41, 5.74) is 3.57. The van der Waals surface area contributed by atoms with E-state index >= 15 is 0 Å². The van der Waals surface area contributed by atoms with Crippen LogP contribution in [-0.4, -0.2) is 40.9 Å². The van der Waals surface area contributed by atoms with Crippen LogP contribution < -0.4 is 4.74 Å². The molecule has 0 unspecified atom stereocenters. The van der Waals surface area contributed by atoms with Crippen molar-refractivity contribution in [1.29, 1.82) is 0 Å². The first-order valence-electron chi connectivity index (χ1n) is 9.15. The lowest BCUT2D eigenvalue weighted by Crippen LogP contribution is -2.08. The molecular weight excluding hydrogens is 376 g/mol. The number of ketones is 1. The number of carbonyl (C=O) groups is 1. The largest absolute Gasteiger partial charge is 0.434 e. The quantitative estimate of drug-likeness (QED) is 0.550. The molecule has 3 rings (SSSR count). The van der Waals surface area contributed by atoms with Gasteiger partial charge in [0.05, 0.1) is 17.6 Å². The molecule has 2 aromatic carbocycles. The summed E-state index contributed by atoms with van der Waals surface area (Å²) in [4.78, 5) is 18.5. The Balaban J connectivity index is 2.08. The molecular formula is C22H23F2N3O2. The van der Waals surface area contributed by atoms with E-state index in [4.69, 9.17) is 0 Å². The van der Waals surface area contributed by atoms with E-state index in [2.05, 4.69) is 9.72 Å². The van der Waals surface area contributed by atoms with Crippen molar-refractivity contribution in [1.82, 2.24) is 14.5 Å². The Labute approximate surface area is 168 Å². The maximum atomic E-state index is 12.7. The maximum Gasteiger partial charge on any atom is 0.387 e. The number of rotatable bonds is 7. The van der Waals surface area contributed by atoms with Gasteiger partial charge in [-0.1, -0.05) is 24.3 Å². The van der Waals surface area contributed by atoms with Crippen LogP contribution in [0.15, 0.2) is 48.7 Å². The number of para-hydroxylation sites is 1. The third-order valence-electron chi connectivity index (χ3n) is 4.53. The molecule has 0 radical (unpaired) electrons. The fraction of sp³-hybridized carbons (Fsp3) is 0.273. The van der Waals surface area contributed by atoms with Gasteiger partial charge in [-0.3, -0.25) is 4.79 Å². The second-order valence-corrected chi connectivity index (χ2v) is 7.00. The predicted molar refractivity (Wildman–Crippen MR) is 109 cm³/mol. The smallest absolute Gasteiger partial charge is 0.387 e. The Morgan fingerprint density at radius 2 is 1.97 bits per heavy atom. The molecule has 0 bridgehead atoms. The molecule has 0 aliphatic rings. The van der Waals surface area contributed by atoms with Gasteiger partial charge in [-0.05, 0) is 37.6 Å². The van der Waals surface area contributed by atoms with Gasteiger partial charge in [0.25, 0.3) is 0 Å². The van der Waals surface area contributed by atoms with Gasteiger partial charge in [-0.2, -0.15) is 8.78 Å². The molecule has 0 aliphatic carbocycles. The Bertz CT molecular complexity index is 1070. The van der Waals surface area contributed by atoms with Crippen LogP contribution in [0.1, 0.15) is 23.9 Å². The third kappa shape index (κ3) is 4.62. The van der Waals surface area contributed by atoms with Crippen molar-refractivity contribution in [2.75, 3.05) is 14.1 Å². The number of aryl methyl sites for hydroxylation is 1. The summed E-state index contributed by atoms with van der Waals surface area (Å²) in [6.07, 6.45) is 1.78. The summed E-state index contributed by atoms with van der Waals surface area (Å²) < 4.78 is 32.1. The lowest BCUT2D eigenvalue weighted by molar-refractivity contribution is -0.111. The van der Waals surface area contributed by atoms with Crippen molar-refractivity contribution in [2.24, 2.45) is 0 Å². The van der Waals surface area contributed by atoms with Crippen molar-refractivity contribution in [2.45, 2.75) is 27.0 Å². The van der Waals surface area contributed by atoms with Gasteiger partial charge in [0, 0.05) is 31.4 Å². The zero-order valence-corrected chi connectivity index (χ0v) is 16.8. The van der Waals surface area contributed by atoms with E-state index in [1.807, 2.05) is 48.7 Å². The molecule has 29 heavy (non-hydrogen) atoms. The molecule has 0 N–H and O–H groups in total. The van der Waals surface area contributed by atoms with Crippen LogP contribution in [0, 0.1) is 6.92 Å². The number of halogens is 2. The van der Waals surface area contributed by atoms with E-state index in [1.165, 1.54) is 13.0 Å². The van der Waals surface area contributed by atoms with Crippen molar-refractivity contribution < 1.29 is 18.3 Å². The molecule has 7 heteroatoms. The predicted octanol–water partition coefficient (Wildman–Crippen LogP) is 4.49. The Kier molecular flexibility index (Phi) is 5.96. The molecule has 1 aromatic heterocycles. The SMILES string of the molecule is CC(=O)/C(=C\N(C)C)c1ccc2nc(C)n(Cc3ccccc3OC(F)F)c2c1. The fourth-order valence-corrected chi connectivity index (χ4v) is 3.25. The minimum Gasteiger partial charge on any atom is -0.434 e. The second kappa shape index (κ2) is 8.43. The second-order valence-electron chi connectivity index (χ2n) is 7.00. The summed E-state index contributed by atoms with van der Waals surface area (Å²) in [5, 5.41) is 0. The lowest BCUT2D eigenvalue weighted by Gasteiger charge is -2.14. The summed E-state index contributed by atoms with van der Waals surface area (Å²) in [6, 6.07) is 12.3. The summed E-state index contributed by atoms with van der Waals surface area (Å²) in [7, 11) is 3.71. The zero-order valence-electron chi connectivity index (χ0n) is 16.8. The van der Waals surface area contributed by atoms with Gasteiger partial charge in [0.2, 0.25) is 0 Å². The van der Waals surface area contributed by atoms with Crippen LogP contribution in [0.2, 0.25) is 0 Å². The van der Waals surface area contributed by atoms with Gasteiger partial charge in [0.15, 0.2) is 5.78 Å². The fourth-order valence-electron chi connectivity index (χ4n) is 3.25. The first-order chi connectivity index (χ1) is 13.8. The molecule has 0 atom stereocenters. The molecule has 1 heterocycles. The van der Waals surface area contributed by atoms with E-state index in [0.29, 0.717) is 17.7 Å². The number of imidazole rings is 1. The van der Waals surface area contributed by atoms with E-state index in [9.17, 15) is 13.6 Å². The number of carbonyl (C=O) groups excluding carboxylic acids is 1. The molecule has 152 valence electrons. The van der Waals surface area contributed by atoms with Gasteiger partial charge in [-0.15, -0.1) is 0 Å². The van der Waals surface area contributed by atoms with Crippen molar-refractivity contribution in [3.63, 3.8) is 0 Å². The highest BCUT2D eigenvalue weighted by Crippen LogP contribution is 2.27. The highest BCUT2D eigenvalue weighted by Gasteiger charge is 2.15. The van der Waals surface area contributed by atoms with Crippen LogP contribution >= 0.6 is 0 Å². The number of fused-ring (bicyclic) bond motifs is 1. The molecule has 5 nitrogen and oxygen atoms in total. The summed E-state index contributed by atoms with van der Waals surface area (Å²) in [5.74, 6) is 0.832. The number of alkyl halides is 2. The molecule has 0 spiro atoms. The number of allylic oxidation sites excluding steroid dienone is 1. The third-order valence-corrected chi connectivity index (χ3v) is 4.53. The van der Waals surface area contributed by atoms with E-state index in [0.717, 1.165) is 22.4 Å². The topological polar surface area (TPSA) is 47.4 Å². The van der Waals surface area contributed by atoms with Crippen molar-refractivity contribution >= 4 is 22.4 Å². The van der Waals surface area contributed by atoms with E-state index in [-0.39, 0.29) is 11.5 Å². The first-order valence-corrected chi connectivity index (χ1v) is 9.15. The molecule has 0 saturated heterocycles. The first kappa shape index (κ1) is 20.5. The van der Waals surface area contributed by atoms with Crippen LogP contribution in [0.4, 0.5) is 8.78 Å². The average molecular weight is 399 g/mol. The molecule has 0 aliphatic heterocycles. The van der Waals surface area contributed by atoms with Gasteiger partial charge < -0.3 is 14.2 Å². The molecule has 0 fully saturated rings. The normalized spacial score (nSPS) is 11.9. The van der Waals surface area contributed by atoms with Gasteiger partial charge in [-0.25, -0.2) is 4.98 Å². The number of hydrogen-bond acceptors (Lipinski definition) is 4. The molecule has 0 saturated carbocycles. The highest BCUT2D eigenvalue weighted by molar-refractivity contribution is 6.19. The Hall–Kier alpha value is -3.22. The van der Waals surface area contributed by atoms with Crippen molar-refractivity contribution in [3.8, 4) is 5.75 Å². The van der Waals surface area contributed by atoms with Crippen molar-refractivity contribution in [3.05, 3.63) is 65.6 Å². The van der Waals surface area contributed by atoms with E-state index < -0.39 is 6.61 Å². The Morgan fingerprint density at radius 1 is 1.24 bits per heavy atom. The van der Waals surface area contributed by atoms with Crippen LogP contribution in [0.5, 0.6) is 5.75 Å². The molecule has 0 amide bonds. The zero-order chi connectivity index (χ0) is 21.1. The van der Waals surface area contributed by atoms with Crippen LogP contribution in [0.3, 0.4) is 0 Å². The lowest BCUT2D eigenvalue weighted by atomic mass is 10.0. The standard InChI is InChI=1S/C22H23F2N3O2/c1-14(28)18(13-26(3)4)16-9-10-19-20(11-16)27(15(2)25-19)12-17-7-5-6-8-21(17)29-22(23)24/h5-11,13,22H,12H2,1-4H3/b18-13+. The summed E-state index contributed by atoms with van der Waals surface area (Å²) in [6.45, 7) is 0.817. The molecule has 3 aromatic rings. The number of hydrogen-bond donors (Lipinski definition) is 0. The minimum absolute atomic E-state index is 0.0449. The monoisotopic (exact) mass is 399 g/mol. The average Bonchev–Trinajstić information content (AvgIpc) is 2.95. The van der Waals surface area contributed by atoms with Gasteiger partial charge >= 0.3 is 6.61 Å². The number of ether oxygens (including phenoxy) is 1. The van der Waals surface area contributed by atoms with Gasteiger partial charge in [0.1, 0.15) is 11.6 Å². The Morgan fingerprint density at radius 3 is 2.62 bits per heavy atom. The minimum atomic E-state index is -2.89. The number of benzene rings is 2. The number of aromatic nitrogens is 2. The summed E-state index contributed by atoms with van der Waals surface area (Å²) >= 11 is 0. The van der Waals surface area contributed by atoms with Crippen LogP contribution in [-0.2, 0) is 11.3 Å². The van der Waals surface area contributed by atoms with E-state index in [1.54, 1.807) is 24.4 Å².